The zero-order valence-corrected chi connectivity index (χ0v) is 31.2. The van der Waals surface area contributed by atoms with Crippen molar-refractivity contribution in [2.75, 3.05) is 23.8 Å². The molecule has 25 heteroatoms. The standard InChI is InChI=1S/C31H34N11O12PS/c1-15(2)27(44)39-31-38-26-23(29(46)40-31)35-14-42(26)30-19(8-17(11-43)51-30)54-56(49,50)36-10-20-18(53-55(47)48)9-21(52-20)41-13-34-22-24(32-12-33-25(22)41)37-28(45)16-6-4-3-5-7-16/h3-7,12-15,17-21,30,36,43H,8-11H2,1-2H3,(H3-,32,33,37,38,39,40,44,45,46,47,48)/p+1/t17-,18-,19+,20+,21+,30+/m0/s1. The molecule has 1 aromatic carbocycles. The predicted molar refractivity (Wildman–Crippen MR) is 192 cm³/mol. The average molecular weight is 817 g/mol. The number of hydrogen-bond acceptors (Lipinski definition) is 16. The smallest absolute Gasteiger partial charge is 0.394 e. The number of carbonyl (C=O) groups excluding carboxylic acids is 2. The molecule has 1 unspecified atom stereocenters. The van der Waals surface area contributed by atoms with Crippen LogP contribution in [-0.4, -0.2) is 107 Å². The van der Waals surface area contributed by atoms with Gasteiger partial charge in [0.15, 0.2) is 34.4 Å². The number of amides is 2. The SMILES string of the molecule is CC(C)C(=O)Nc1nc2c(ncn2[C@@H]2O[C@H](CO)C[C@H]2OS(=O)(=O)NC[C@H]2O[C@@H](n3cnc4c(NC(=O)c5ccccc5)ncnc43)C[C@@H]2O[P+](=O)O)c(=O)[nH]1. The Morgan fingerprint density at radius 2 is 1.77 bits per heavy atom. The Bertz CT molecular complexity index is 2440. The van der Waals surface area contributed by atoms with Crippen LogP contribution in [0, 0.1) is 5.92 Å². The normalized spacial score (nSPS) is 22.9. The van der Waals surface area contributed by atoms with Gasteiger partial charge >= 0.3 is 18.6 Å². The fraction of sp³-hybridized carbons (Fsp3) is 0.419. The van der Waals surface area contributed by atoms with E-state index >= 15 is 0 Å². The maximum Gasteiger partial charge on any atom is 0.695 e. The zero-order valence-electron chi connectivity index (χ0n) is 29.5. The van der Waals surface area contributed by atoms with Gasteiger partial charge in [0.25, 0.3) is 11.5 Å². The van der Waals surface area contributed by atoms with E-state index in [2.05, 4.69) is 45.3 Å². The van der Waals surface area contributed by atoms with E-state index in [0.29, 0.717) is 5.56 Å². The number of benzene rings is 1. The highest BCUT2D eigenvalue weighted by Crippen LogP contribution is 2.38. The Hall–Kier alpha value is -5.17. The zero-order chi connectivity index (χ0) is 39.7. The molecule has 0 bridgehead atoms. The molecule has 2 aliphatic rings. The van der Waals surface area contributed by atoms with Crippen LogP contribution in [-0.2, 0) is 37.8 Å². The molecule has 23 nitrogen and oxygen atoms in total. The Balaban J connectivity index is 1.06. The minimum Gasteiger partial charge on any atom is -0.394 e. The number of H-pyrrole nitrogens is 1. The molecule has 2 fully saturated rings. The number of aliphatic hydroxyl groups excluding tert-OH is 1. The molecule has 0 radical (unpaired) electrons. The molecular weight excluding hydrogens is 781 g/mol. The quantitative estimate of drug-likeness (QED) is 0.0837. The van der Waals surface area contributed by atoms with Crippen molar-refractivity contribution in [2.24, 2.45) is 5.92 Å². The molecule has 6 N–H and O–H groups in total. The average Bonchev–Trinajstić information content (AvgIpc) is 3.96. The molecule has 2 saturated heterocycles. The number of nitrogens with one attached hydrogen (secondary N) is 4. The number of nitrogens with zero attached hydrogens (tertiary/aromatic N) is 7. The van der Waals surface area contributed by atoms with Crippen LogP contribution in [0.15, 0.2) is 54.1 Å². The first-order valence-corrected chi connectivity index (χ1v) is 19.6. The van der Waals surface area contributed by atoms with Crippen molar-refractivity contribution in [3.63, 3.8) is 0 Å². The Labute approximate surface area is 317 Å². The van der Waals surface area contributed by atoms with Gasteiger partial charge in [-0.2, -0.15) is 18.1 Å². The maximum atomic E-state index is 13.4. The molecule has 56 heavy (non-hydrogen) atoms. The number of imidazole rings is 2. The third kappa shape index (κ3) is 8.33. The number of aliphatic hydroxyl groups is 1. The van der Waals surface area contributed by atoms with Gasteiger partial charge in [-0.1, -0.05) is 32.0 Å². The molecule has 2 amide bonds. The van der Waals surface area contributed by atoms with Crippen molar-refractivity contribution in [1.82, 2.24) is 43.8 Å². The predicted octanol–water partition coefficient (Wildman–Crippen LogP) is 0.628. The van der Waals surface area contributed by atoms with Crippen molar-refractivity contribution < 1.29 is 50.8 Å². The van der Waals surface area contributed by atoms with E-state index in [1.165, 1.54) is 28.1 Å². The minimum atomic E-state index is -4.64. The summed E-state index contributed by atoms with van der Waals surface area (Å²) in [6.07, 6.45) is -2.92. The molecule has 4 aromatic heterocycles. The van der Waals surface area contributed by atoms with Crippen LogP contribution in [0.5, 0.6) is 0 Å². The van der Waals surface area contributed by atoms with Gasteiger partial charge in [-0.3, -0.25) is 33.8 Å². The van der Waals surface area contributed by atoms with Crippen molar-refractivity contribution in [3.05, 3.63) is 65.2 Å². The van der Waals surface area contributed by atoms with E-state index in [-0.39, 0.29) is 46.9 Å². The number of rotatable bonds is 14. The van der Waals surface area contributed by atoms with Gasteiger partial charge in [0, 0.05) is 35.4 Å². The first-order chi connectivity index (χ1) is 26.8. The molecule has 7 atom stereocenters. The minimum absolute atomic E-state index is 0.0355. The van der Waals surface area contributed by atoms with Crippen LogP contribution in [0.25, 0.3) is 22.3 Å². The summed E-state index contributed by atoms with van der Waals surface area (Å²) < 4.78 is 66.2. The molecule has 0 saturated carbocycles. The molecule has 2 aliphatic heterocycles. The van der Waals surface area contributed by atoms with Gasteiger partial charge < -0.3 is 19.9 Å². The molecule has 0 spiro atoms. The second kappa shape index (κ2) is 16.1. The summed E-state index contributed by atoms with van der Waals surface area (Å²) in [4.78, 5) is 70.9. The summed E-state index contributed by atoms with van der Waals surface area (Å²) >= 11 is 0. The van der Waals surface area contributed by atoms with E-state index in [1.807, 2.05) is 0 Å². The number of fused-ring (bicyclic) bond motifs is 2. The first-order valence-electron chi connectivity index (χ1n) is 17.0. The van der Waals surface area contributed by atoms with Crippen LogP contribution in [0.4, 0.5) is 11.8 Å². The molecular formula is C31H35N11O12PS+. The lowest BCUT2D eigenvalue weighted by Gasteiger charge is -2.21. The second-order valence-electron chi connectivity index (χ2n) is 13.0. The maximum absolute atomic E-state index is 13.4. The topological polar surface area (TPSA) is 306 Å². The number of aromatic nitrogens is 8. The van der Waals surface area contributed by atoms with E-state index in [4.69, 9.17) is 18.2 Å². The fourth-order valence-corrected chi connectivity index (χ4v) is 7.57. The van der Waals surface area contributed by atoms with Crippen molar-refractivity contribution in [2.45, 2.75) is 63.6 Å². The second-order valence-corrected chi connectivity index (χ2v) is 15.1. The summed E-state index contributed by atoms with van der Waals surface area (Å²) in [6.45, 7) is 2.31. The molecule has 296 valence electrons. The number of ether oxygens (including phenoxy) is 2. The Morgan fingerprint density at radius 1 is 1.02 bits per heavy atom. The lowest BCUT2D eigenvalue weighted by atomic mass is 10.2. The van der Waals surface area contributed by atoms with E-state index in [1.54, 1.807) is 44.2 Å². The van der Waals surface area contributed by atoms with Gasteiger partial charge in [0.2, 0.25) is 11.9 Å². The van der Waals surface area contributed by atoms with Gasteiger partial charge in [0.1, 0.15) is 30.9 Å². The van der Waals surface area contributed by atoms with Crippen LogP contribution in [0.3, 0.4) is 0 Å². The number of carbonyl (C=O) groups is 2. The number of hydrogen-bond donors (Lipinski definition) is 6. The van der Waals surface area contributed by atoms with Gasteiger partial charge in [-0.25, -0.2) is 24.1 Å². The van der Waals surface area contributed by atoms with Crippen molar-refractivity contribution >= 4 is 64.5 Å². The summed E-state index contributed by atoms with van der Waals surface area (Å²) in [6, 6.07) is 8.45. The molecule has 7 rings (SSSR count). The van der Waals surface area contributed by atoms with E-state index in [0.717, 1.165) is 0 Å². The summed E-state index contributed by atoms with van der Waals surface area (Å²) in [7, 11) is -7.78. The van der Waals surface area contributed by atoms with Gasteiger partial charge in [0.05, 0.1) is 25.4 Å². The highest BCUT2D eigenvalue weighted by molar-refractivity contribution is 7.84. The highest BCUT2D eigenvalue weighted by Gasteiger charge is 2.45. The molecule has 6 heterocycles. The summed E-state index contributed by atoms with van der Waals surface area (Å²) in [5.74, 6) is -1.33. The van der Waals surface area contributed by atoms with Crippen molar-refractivity contribution in [3.8, 4) is 0 Å². The summed E-state index contributed by atoms with van der Waals surface area (Å²) in [5.41, 5.74) is -0.00915. The van der Waals surface area contributed by atoms with Crippen LogP contribution in [0.2, 0.25) is 0 Å². The lowest BCUT2D eigenvalue weighted by molar-refractivity contribution is -0.118. The first kappa shape index (κ1) is 39.1. The van der Waals surface area contributed by atoms with Crippen LogP contribution in [0.1, 0.15) is 49.5 Å². The van der Waals surface area contributed by atoms with Gasteiger partial charge in [-0.15, -0.1) is 9.42 Å². The highest BCUT2D eigenvalue weighted by atomic mass is 32.2. The van der Waals surface area contributed by atoms with Crippen molar-refractivity contribution in [1.29, 1.82) is 0 Å². The fourth-order valence-electron chi connectivity index (χ4n) is 6.18. The van der Waals surface area contributed by atoms with E-state index < -0.39 is 91.9 Å². The largest absolute Gasteiger partial charge is 0.695 e. The monoisotopic (exact) mass is 816 g/mol. The number of aromatic amines is 1. The molecule has 0 aliphatic carbocycles. The van der Waals surface area contributed by atoms with Crippen LogP contribution >= 0.6 is 8.25 Å². The Morgan fingerprint density at radius 3 is 2.50 bits per heavy atom. The van der Waals surface area contributed by atoms with Gasteiger partial charge in [-0.05, 0) is 12.1 Å². The Kier molecular flexibility index (Phi) is 11.3. The van der Waals surface area contributed by atoms with Crippen LogP contribution < -0.4 is 20.9 Å². The lowest BCUT2D eigenvalue weighted by Crippen LogP contribution is -2.40. The summed E-state index contributed by atoms with van der Waals surface area (Å²) in [5, 5.41) is 15.1. The van der Waals surface area contributed by atoms with E-state index in [9.17, 15) is 37.4 Å². The number of anilines is 2. The molecule has 5 aromatic rings. The third-order valence-electron chi connectivity index (χ3n) is 8.88. The third-order valence-corrected chi connectivity index (χ3v) is 10.3.